The van der Waals surface area contributed by atoms with E-state index in [4.69, 9.17) is 14.2 Å². The molecule has 4 heterocycles. The van der Waals surface area contributed by atoms with E-state index in [1.54, 1.807) is 13.8 Å². The van der Waals surface area contributed by atoms with Gasteiger partial charge in [-0.15, -0.1) is 11.3 Å². The number of carbonyl (C=O) groups is 2. The molecule has 0 bridgehead atoms. The summed E-state index contributed by atoms with van der Waals surface area (Å²) in [4.78, 5) is 43.8. The number of rotatable bonds is 6. The maximum absolute atomic E-state index is 13.3. The second-order valence-corrected chi connectivity index (χ2v) is 9.21. The van der Waals surface area contributed by atoms with E-state index in [-0.39, 0.29) is 31.3 Å². The van der Waals surface area contributed by atoms with Crippen LogP contribution in [-0.2, 0) is 11.3 Å². The van der Waals surface area contributed by atoms with E-state index in [1.165, 1.54) is 10.9 Å². The Hall–Kier alpha value is -3.92. The first-order valence-corrected chi connectivity index (χ1v) is 11.9. The number of ketones is 1. The van der Waals surface area contributed by atoms with Gasteiger partial charge >= 0.3 is 5.97 Å². The third kappa shape index (κ3) is 3.79. The summed E-state index contributed by atoms with van der Waals surface area (Å²) in [5.41, 5.74) is 3.15. The number of fused-ring (bicyclic) bond motifs is 2. The second kappa shape index (κ2) is 8.70. The van der Waals surface area contributed by atoms with Gasteiger partial charge in [0.15, 0.2) is 17.3 Å². The van der Waals surface area contributed by atoms with Crippen molar-refractivity contribution in [2.75, 3.05) is 13.4 Å². The lowest BCUT2D eigenvalue weighted by molar-refractivity contribution is 0.0531. The van der Waals surface area contributed by atoms with Crippen LogP contribution in [0.3, 0.4) is 0 Å². The normalized spacial score (nSPS) is 12.3. The predicted octanol–water partition coefficient (Wildman–Crippen LogP) is 3.96. The zero-order valence-corrected chi connectivity index (χ0v) is 20.5. The highest BCUT2D eigenvalue weighted by atomic mass is 32.1. The molecule has 1 aliphatic heterocycles. The summed E-state index contributed by atoms with van der Waals surface area (Å²) >= 11 is 1.12. The van der Waals surface area contributed by atoms with Gasteiger partial charge in [-0.3, -0.25) is 14.2 Å². The minimum absolute atomic E-state index is 0.169. The molecule has 3 aromatic heterocycles. The van der Waals surface area contributed by atoms with Crippen LogP contribution >= 0.6 is 11.3 Å². The standard InChI is InChI=1S/C25H23N3O6S/c1-5-32-25(31)22-14(3)21-23(35-22)26-11-27(24(21)30)10-18(29)17-8-13(2)28(15(17)4)16-6-7-19-20(9-16)34-12-33-19/h6-9,11H,5,10,12H2,1-4H3. The van der Waals surface area contributed by atoms with Crippen LogP contribution < -0.4 is 15.0 Å². The van der Waals surface area contributed by atoms with Crippen LogP contribution in [0.4, 0.5) is 0 Å². The number of benzene rings is 1. The van der Waals surface area contributed by atoms with Crippen molar-refractivity contribution in [1.82, 2.24) is 14.1 Å². The predicted molar refractivity (Wildman–Crippen MR) is 130 cm³/mol. The van der Waals surface area contributed by atoms with Gasteiger partial charge in [-0.1, -0.05) is 0 Å². The summed E-state index contributed by atoms with van der Waals surface area (Å²) < 4.78 is 19.2. The largest absolute Gasteiger partial charge is 0.462 e. The van der Waals surface area contributed by atoms with Crippen LogP contribution in [0.15, 0.2) is 35.4 Å². The lowest BCUT2D eigenvalue weighted by atomic mass is 10.1. The Kier molecular flexibility index (Phi) is 5.68. The average molecular weight is 494 g/mol. The van der Waals surface area contributed by atoms with Gasteiger partial charge < -0.3 is 18.8 Å². The van der Waals surface area contributed by atoms with Crippen molar-refractivity contribution >= 4 is 33.3 Å². The van der Waals surface area contributed by atoms with Crippen molar-refractivity contribution in [1.29, 1.82) is 0 Å². The number of ether oxygens (including phenoxy) is 3. The van der Waals surface area contributed by atoms with Crippen LogP contribution in [-0.4, -0.2) is 39.3 Å². The smallest absolute Gasteiger partial charge is 0.348 e. The molecule has 0 unspecified atom stereocenters. The van der Waals surface area contributed by atoms with Crippen LogP contribution in [0.1, 0.15) is 43.9 Å². The molecule has 0 aliphatic carbocycles. The van der Waals surface area contributed by atoms with Gasteiger partial charge in [0.1, 0.15) is 9.71 Å². The molecule has 180 valence electrons. The Balaban J connectivity index is 1.47. The number of nitrogens with zero attached hydrogens (tertiary/aromatic N) is 3. The summed E-state index contributed by atoms with van der Waals surface area (Å²) in [5, 5.41) is 0.333. The molecular weight excluding hydrogens is 470 g/mol. The zero-order valence-electron chi connectivity index (χ0n) is 19.7. The molecule has 1 aromatic carbocycles. The molecule has 0 fully saturated rings. The third-order valence-corrected chi connectivity index (χ3v) is 7.22. The van der Waals surface area contributed by atoms with E-state index >= 15 is 0 Å². The minimum atomic E-state index is -0.481. The summed E-state index contributed by atoms with van der Waals surface area (Å²) in [6.45, 7) is 7.45. The highest BCUT2D eigenvalue weighted by Crippen LogP contribution is 2.35. The highest BCUT2D eigenvalue weighted by molar-refractivity contribution is 7.20. The molecule has 1 aliphatic rings. The number of hydrogen-bond acceptors (Lipinski definition) is 8. The van der Waals surface area contributed by atoms with Gasteiger partial charge in [0.2, 0.25) is 6.79 Å². The molecule has 0 amide bonds. The van der Waals surface area contributed by atoms with E-state index in [1.807, 2.05) is 42.7 Å². The summed E-state index contributed by atoms with van der Waals surface area (Å²) in [6, 6.07) is 7.43. The third-order valence-electron chi connectivity index (χ3n) is 6.04. The quantitative estimate of drug-likeness (QED) is 0.296. The van der Waals surface area contributed by atoms with Crippen molar-refractivity contribution in [2.45, 2.75) is 34.2 Å². The maximum Gasteiger partial charge on any atom is 0.348 e. The second-order valence-electron chi connectivity index (χ2n) is 8.22. The first kappa shape index (κ1) is 22.9. The van der Waals surface area contributed by atoms with Crippen molar-refractivity contribution in [3.8, 4) is 17.2 Å². The number of aryl methyl sites for hydroxylation is 2. The minimum Gasteiger partial charge on any atom is -0.462 e. The van der Waals surface area contributed by atoms with Gasteiger partial charge in [-0.2, -0.15) is 0 Å². The van der Waals surface area contributed by atoms with Gasteiger partial charge in [0, 0.05) is 28.7 Å². The Morgan fingerprint density at radius 1 is 1.14 bits per heavy atom. The van der Waals surface area contributed by atoms with Crippen LogP contribution in [0.2, 0.25) is 0 Å². The number of carbonyl (C=O) groups excluding carboxylic acids is 2. The highest BCUT2D eigenvalue weighted by Gasteiger charge is 2.23. The fourth-order valence-corrected chi connectivity index (χ4v) is 5.40. The zero-order chi connectivity index (χ0) is 24.9. The molecule has 9 nitrogen and oxygen atoms in total. The molecule has 5 rings (SSSR count). The fraction of sp³-hybridized carbons (Fsp3) is 0.280. The number of aromatic nitrogens is 3. The van der Waals surface area contributed by atoms with E-state index in [0.717, 1.165) is 28.4 Å². The van der Waals surface area contributed by atoms with Gasteiger partial charge in [-0.25, -0.2) is 9.78 Å². The first-order valence-electron chi connectivity index (χ1n) is 11.1. The van der Waals surface area contributed by atoms with Crippen LogP contribution in [0.25, 0.3) is 15.9 Å². The molecule has 0 radical (unpaired) electrons. The fourth-order valence-electron chi connectivity index (χ4n) is 4.37. The molecule has 0 saturated heterocycles. The average Bonchev–Trinajstić information content (AvgIpc) is 3.51. The molecule has 35 heavy (non-hydrogen) atoms. The molecular formula is C25H23N3O6S. The van der Waals surface area contributed by atoms with Gasteiger partial charge in [0.25, 0.3) is 5.56 Å². The molecule has 4 aromatic rings. The van der Waals surface area contributed by atoms with Crippen molar-refractivity contribution in [3.63, 3.8) is 0 Å². The van der Waals surface area contributed by atoms with Crippen LogP contribution in [0, 0.1) is 20.8 Å². The van der Waals surface area contributed by atoms with Gasteiger partial charge in [0.05, 0.1) is 24.9 Å². The van der Waals surface area contributed by atoms with E-state index in [9.17, 15) is 14.4 Å². The Labute approximate surface area is 204 Å². The molecule has 0 N–H and O–H groups in total. The van der Waals surface area contributed by atoms with E-state index in [2.05, 4.69) is 4.98 Å². The summed E-state index contributed by atoms with van der Waals surface area (Å²) in [6.07, 6.45) is 1.35. The summed E-state index contributed by atoms with van der Waals surface area (Å²) in [7, 11) is 0. The Morgan fingerprint density at radius 2 is 1.91 bits per heavy atom. The van der Waals surface area contributed by atoms with E-state index < -0.39 is 5.97 Å². The maximum atomic E-state index is 13.3. The number of esters is 1. The monoisotopic (exact) mass is 493 g/mol. The van der Waals surface area contributed by atoms with Crippen LogP contribution in [0.5, 0.6) is 11.5 Å². The van der Waals surface area contributed by atoms with Crippen molar-refractivity contribution < 1.29 is 23.8 Å². The van der Waals surface area contributed by atoms with Crippen molar-refractivity contribution in [3.05, 3.63) is 68.3 Å². The lowest BCUT2D eigenvalue weighted by Gasteiger charge is -2.11. The number of hydrogen-bond donors (Lipinski definition) is 0. The number of thiophene rings is 1. The first-order chi connectivity index (χ1) is 16.8. The SMILES string of the molecule is CCOC(=O)c1sc2ncn(CC(=O)c3cc(C)n(-c4ccc5c(c4)OCO5)c3C)c(=O)c2c1C. The molecule has 0 atom stereocenters. The van der Waals surface area contributed by atoms with E-state index in [0.29, 0.717) is 37.7 Å². The lowest BCUT2D eigenvalue weighted by Crippen LogP contribution is -2.25. The number of Topliss-reactive ketones (excluding diaryl/α,β-unsaturated/α-hetero) is 1. The van der Waals surface area contributed by atoms with Gasteiger partial charge in [-0.05, 0) is 51.5 Å². The Bertz CT molecular complexity index is 1560. The molecule has 0 spiro atoms. The molecule has 10 heteroatoms. The Morgan fingerprint density at radius 3 is 2.69 bits per heavy atom. The topological polar surface area (TPSA) is 102 Å². The molecule has 0 saturated carbocycles. The van der Waals surface area contributed by atoms with Crippen molar-refractivity contribution in [2.24, 2.45) is 0 Å². The summed E-state index contributed by atoms with van der Waals surface area (Å²) in [5.74, 6) is 0.643.